The van der Waals surface area contributed by atoms with E-state index >= 15 is 0 Å². The van der Waals surface area contributed by atoms with Crippen LogP contribution in [0.25, 0.3) is 0 Å². The highest BCUT2D eigenvalue weighted by Crippen LogP contribution is 2.29. The fourth-order valence-corrected chi connectivity index (χ4v) is 4.11. The predicted octanol–water partition coefficient (Wildman–Crippen LogP) is 2.50. The Morgan fingerprint density at radius 1 is 1.00 bits per heavy atom. The lowest BCUT2D eigenvalue weighted by Gasteiger charge is -2.35. The maximum absolute atomic E-state index is 13.7. The van der Waals surface area contributed by atoms with E-state index in [2.05, 4.69) is 10.6 Å². The molecular formula is C24H40F3N3O9. The summed E-state index contributed by atoms with van der Waals surface area (Å²) in [5, 5.41) is 23.2. The van der Waals surface area contributed by atoms with Gasteiger partial charge in [0.1, 0.15) is 23.9 Å². The number of amides is 2. The van der Waals surface area contributed by atoms with Gasteiger partial charge in [0.25, 0.3) is 0 Å². The van der Waals surface area contributed by atoms with Crippen molar-refractivity contribution >= 4 is 23.9 Å². The second-order valence-electron chi connectivity index (χ2n) is 11.3. The van der Waals surface area contributed by atoms with Crippen molar-refractivity contribution in [2.45, 2.75) is 115 Å². The number of hydrogen-bond donors (Lipinski definition) is 4. The Bertz CT molecular complexity index is 872. The van der Waals surface area contributed by atoms with E-state index in [1.165, 1.54) is 4.90 Å². The van der Waals surface area contributed by atoms with Crippen LogP contribution in [0.2, 0.25) is 0 Å². The van der Waals surface area contributed by atoms with E-state index in [-0.39, 0.29) is 19.4 Å². The molecule has 0 bridgehead atoms. The largest absolute Gasteiger partial charge is 0.481 e. The Morgan fingerprint density at radius 3 is 2.03 bits per heavy atom. The first-order valence-corrected chi connectivity index (χ1v) is 12.4. The van der Waals surface area contributed by atoms with Crippen molar-refractivity contribution in [2.24, 2.45) is 0 Å². The Morgan fingerprint density at radius 2 is 1.59 bits per heavy atom. The molecule has 0 aliphatic carbocycles. The average molecular weight is 572 g/mol. The molecule has 1 saturated heterocycles. The highest BCUT2D eigenvalue weighted by molar-refractivity contribution is 5.87. The summed E-state index contributed by atoms with van der Waals surface area (Å²) in [4.78, 5) is 50.1. The van der Waals surface area contributed by atoms with Gasteiger partial charge in [-0.3, -0.25) is 19.7 Å². The van der Waals surface area contributed by atoms with Gasteiger partial charge >= 0.3 is 24.2 Å². The Kier molecular flexibility index (Phi) is 12.0. The summed E-state index contributed by atoms with van der Waals surface area (Å²) in [6.45, 7) is 10.0. The molecular weight excluding hydrogens is 531 g/mol. The number of halogens is 3. The molecule has 5 atom stereocenters. The van der Waals surface area contributed by atoms with Crippen LogP contribution in [0, 0.1) is 0 Å². The molecule has 1 rings (SSSR count). The number of nitrogens with zero attached hydrogens (tertiary/aromatic N) is 1. The van der Waals surface area contributed by atoms with Crippen LogP contribution in [0.3, 0.4) is 0 Å². The average Bonchev–Trinajstić information content (AvgIpc) is 3.12. The maximum atomic E-state index is 13.7. The van der Waals surface area contributed by atoms with E-state index in [4.69, 9.17) is 19.3 Å². The van der Waals surface area contributed by atoms with Crippen molar-refractivity contribution in [3.05, 3.63) is 0 Å². The van der Waals surface area contributed by atoms with E-state index in [9.17, 15) is 37.5 Å². The zero-order valence-electron chi connectivity index (χ0n) is 23.3. The van der Waals surface area contributed by atoms with Crippen molar-refractivity contribution in [1.82, 2.24) is 15.5 Å². The van der Waals surface area contributed by atoms with E-state index in [1.807, 2.05) is 0 Å². The van der Waals surface area contributed by atoms with Gasteiger partial charge in [-0.1, -0.05) is 0 Å². The summed E-state index contributed by atoms with van der Waals surface area (Å²) >= 11 is 0. The lowest BCUT2D eigenvalue weighted by Crippen LogP contribution is -2.58. The molecule has 226 valence electrons. The number of hydrogen-bond acceptors (Lipinski definition) is 8. The standard InChI is InChI=1S/C24H40F3N3O9/c1-22(2,3)38-13-10-16(18(37-7)28-15(20(34)35)11-24(25,26)27)30(12-13)19(33)14(8-9-17(31)32)29-21(36)39-23(4,5)6/h13-16,18,28H,8-12H2,1-7H3,(H,29,36)(H,31,32)(H,34,35)/t13-,14+,15?,16+,18?/m1/s1. The highest BCUT2D eigenvalue weighted by atomic mass is 19.4. The van der Waals surface area contributed by atoms with E-state index in [1.54, 1.807) is 41.5 Å². The molecule has 12 nitrogen and oxygen atoms in total. The SMILES string of the molecule is COC(NC(CC(F)(F)F)C(=O)O)[C@@H]1C[C@@H](OC(C)(C)C)CN1C(=O)[C@H](CCC(=O)O)NC(=O)OC(C)(C)C. The van der Waals surface area contributed by atoms with Crippen molar-refractivity contribution in [2.75, 3.05) is 13.7 Å². The minimum atomic E-state index is -4.79. The summed E-state index contributed by atoms with van der Waals surface area (Å²) < 4.78 is 55.5. The number of likely N-dealkylation sites (tertiary alicyclic amines) is 1. The molecule has 0 aromatic carbocycles. The number of carboxylic acid groups (broad SMARTS) is 2. The summed E-state index contributed by atoms with van der Waals surface area (Å²) in [6, 6.07) is -4.45. The van der Waals surface area contributed by atoms with Gasteiger partial charge in [0.05, 0.1) is 24.2 Å². The first-order chi connectivity index (χ1) is 17.6. The lowest BCUT2D eigenvalue weighted by atomic mass is 10.1. The molecule has 1 aliphatic heterocycles. The van der Waals surface area contributed by atoms with Crippen LogP contribution in [-0.4, -0.2) is 101 Å². The van der Waals surface area contributed by atoms with Crippen LogP contribution in [-0.2, 0) is 28.6 Å². The number of alkyl halides is 3. The molecule has 0 aromatic heterocycles. The van der Waals surface area contributed by atoms with Crippen LogP contribution in [0.15, 0.2) is 0 Å². The summed E-state index contributed by atoms with van der Waals surface area (Å²) in [5.74, 6) is -3.74. The number of carboxylic acids is 2. The van der Waals surface area contributed by atoms with Crippen LogP contribution < -0.4 is 10.6 Å². The molecule has 15 heteroatoms. The Balaban J connectivity index is 3.34. The number of carbonyl (C=O) groups is 4. The van der Waals surface area contributed by atoms with Crippen LogP contribution >= 0.6 is 0 Å². The first kappa shape index (κ1) is 34.4. The predicted molar refractivity (Wildman–Crippen MR) is 131 cm³/mol. The fraction of sp³-hybridized carbons (Fsp3) is 0.833. The number of ether oxygens (including phenoxy) is 3. The number of alkyl carbamates (subject to hydrolysis) is 1. The zero-order chi connectivity index (χ0) is 30.3. The summed E-state index contributed by atoms with van der Waals surface area (Å²) in [7, 11) is 1.14. The van der Waals surface area contributed by atoms with E-state index < -0.39 is 84.6 Å². The van der Waals surface area contributed by atoms with E-state index in [0.29, 0.717) is 0 Å². The minimum absolute atomic E-state index is 0.0605. The molecule has 0 saturated carbocycles. The van der Waals surface area contributed by atoms with Gasteiger partial charge < -0.3 is 34.6 Å². The second kappa shape index (κ2) is 13.6. The molecule has 2 unspecified atom stereocenters. The van der Waals surface area contributed by atoms with Crippen molar-refractivity contribution in [1.29, 1.82) is 0 Å². The summed E-state index contributed by atoms with van der Waals surface area (Å²) in [5.41, 5.74) is -1.58. The van der Waals surface area contributed by atoms with Gasteiger partial charge in [-0.2, -0.15) is 13.2 Å². The van der Waals surface area contributed by atoms with Gasteiger partial charge in [0, 0.05) is 20.1 Å². The monoisotopic (exact) mass is 571 g/mol. The molecule has 1 fully saturated rings. The van der Waals surface area contributed by atoms with Crippen LogP contribution in [0.1, 0.15) is 67.2 Å². The molecule has 1 heterocycles. The van der Waals surface area contributed by atoms with Gasteiger partial charge in [-0.15, -0.1) is 0 Å². The van der Waals surface area contributed by atoms with Gasteiger partial charge in [-0.05, 0) is 54.4 Å². The molecule has 1 aliphatic rings. The first-order valence-electron chi connectivity index (χ1n) is 12.4. The molecule has 39 heavy (non-hydrogen) atoms. The molecule has 4 N–H and O–H groups in total. The molecule has 0 radical (unpaired) electrons. The van der Waals surface area contributed by atoms with Crippen molar-refractivity contribution < 1.29 is 56.8 Å². The van der Waals surface area contributed by atoms with Crippen molar-refractivity contribution in [3.8, 4) is 0 Å². The normalized spacial score (nSPS) is 20.7. The third kappa shape index (κ3) is 12.8. The molecule has 0 aromatic rings. The van der Waals surface area contributed by atoms with Crippen LogP contribution in [0.4, 0.5) is 18.0 Å². The quantitative estimate of drug-likeness (QED) is 0.256. The highest BCUT2D eigenvalue weighted by Gasteiger charge is 2.46. The third-order valence-corrected chi connectivity index (χ3v) is 5.45. The number of aliphatic carboxylic acids is 2. The van der Waals surface area contributed by atoms with Crippen LogP contribution in [0.5, 0.6) is 0 Å². The van der Waals surface area contributed by atoms with Crippen molar-refractivity contribution in [3.63, 3.8) is 0 Å². The van der Waals surface area contributed by atoms with Gasteiger partial charge in [0.15, 0.2) is 0 Å². The Hall–Kier alpha value is -2.65. The topological polar surface area (TPSA) is 164 Å². The second-order valence-corrected chi connectivity index (χ2v) is 11.3. The van der Waals surface area contributed by atoms with Gasteiger partial charge in [-0.25, -0.2) is 4.79 Å². The Labute approximate surface area is 225 Å². The number of nitrogens with one attached hydrogen (secondary N) is 2. The zero-order valence-corrected chi connectivity index (χ0v) is 23.3. The fourth-order valence-electron chi connectivity index (χ4n) is 4.11. The smallest absolute Gasteiger partial charge is 0.408 e. The lowest BCUT2D eigenvalue weighted by molar-refractivity contribution is -0.162. The van der Waals surface area contributed by atoms with Gasteiger partial charge in [0.2, 0.25) is 5.91 Å². The number of carbonyl (C=O) groups excluding carboxylic acids is 2. The molecule has 0 spiro atoms. The summed E-state index contributed by atoms with van der Waals surface area (Å²) in [6.07, 6.45) is -10.2. The molecule has 2 amide bonds. The number of rotatable bonds is 12. The third-order valence-electron chi connectivity index (χ3n) is 5.45. The van der Waals surface area contributed by atoms with E-state index in [0.717, 1.165) is 7.11 Å². The minimum Gasteiger partial charge on any atom is -0.481 e. The maximum Gasteiger partial charge on any atom is 0.408 e. The number of methoxy groups -OCH3 is 1.